The number of carbonyl (C=O) groups excluding carboxylic acids is 1. The minimum atomic E-state index is -0.571. The molecule has 1 aliphatic rings. The van der Waals surface area contributed by atoms with Gasteiger partial charge < -0.3 is 10.2 Å². The Hall–Kier alpha value is -1.49. The number of benzene rings is 1. The Bertz CT molecular complexity index is 451. The molecule has 18 heavy (non-hydrogen) atoms. The summed E-state index contributed by atoms with van der Waals surface area (Å²) in [6.45, 7) is 3.47. The normalized spacial score (nSPS) is 19.9. The molecule has 1 fully saturated rings. The average Bonchev–Trinajstić information content (AvgIpc) is 2.33. The second-order valence-corrected chi connectivity index (χ2v) is 4.56. The summed E-state index contributed by atoms with van der Waals surface area (Å²) in [5, 5.41) is 3.24. The molecule has 5 heteroatoms. The molecule has 0 saturated carbocycles. The summed E-state index contributed by atoms with van der Waals surface area (Å²) < 4.78 is 26.3. The van der Waals surface area contributed by atoms with Crippen LogP contribution in [0.15, 0.2) is 18.2 Å². The molecule has 1 N–H and O–H groups in total. The molecule has 0 bridgehead atoms. The Kier molecular flexibility index (Phi) is 3.91. The summed E-state index contributed by atoms with van der Waals surface area (Å²) in [5.74, 6) is -1.07. The van der Waals surface area contributed by atoms with Gasteiger partial charge in [0.15, 0.2) is 0 Å². The molecule has 0 radical (unpaired) electrons. The number of hydrogen-bond donors (Lipinski definition) is 1. The first kappa shape index (κ1) is 13.0. The van der Waals surface area contributed by atoms with E-state index in [1.165, 1.54) is 19.1 Å². The van der Waals surface area contributed by atoms with E-state index in [9.17, 15) is 13.6 Å². The molecule has 98 valence electrons. The molecule has 1 unspecified atom stereocenters. The maximum absolute atomic E-state index is 13.5. The Morgan fingerprint density at radius 2 is 2.28 bits per heavy atom. The van der Waals surface area contributed by atoms with Crippen molar-refractivity contribution in [2.45, 2.75) is 19.4 Å². The second-order valence-electron chi connectivity index (χ2n) is 4.56. The van der Waals surface area contributed by atoms with Crippen LogP contribution in [0, 0.1) is 11.6 Å². The van der Waals surface area contributed by atoms with Crippen LogP contribution in [0.5, 0.6) is 0 Å². The molecule has 1 aromatic rings. The topological polar surface area (TPSA) is 32.3 Å². The third kappa shape index (κ3) is 3.04. The van der Waals surface area contributed by atoms with E-state index in [1.807, 2.05) is 0 Å². The Morgan fingerprint density at radius 1 is 1.50 bits per heavy atom. The van der Waals surface area contributed by atoms with Gasteiger partial charge in [-0.25, -0.2) is 8.78 Å². The fraction of sp³-hybridized carbons (Fsp3) is 0.462. The van der Waals surface area contributed by atoms with Crippen LogP contribution in [0.2, 0.25) is 0 Å². The summed E-state index contributed by atoms with van der Waals surface area (Å²) >= 11 is 0. The molecular weight excluding hydrogens is 238 g/mol. The van der Waals surface area contributed by atoms with Gasteiger partial charge >= 0.3 is 0 Å². The molecule has 0 aromatic heterocycles. The Balaban J connectivity index is 2.02. The summed E-state index contributed by atoms with van der Waals surface area (Å²) in [4.78, 5) is 13.0. The zero-order valence-electron chi connectivity index (χ0n) is 10.2. The fourth-order valence-corrected chi connectivity index (χ4v) is 2.20. The van der Waals surface area contributed by atoms with E-state index >= 15 is 0 Å². The largest absolute Gasteiger partial charge is 0.340 e. The van der Waals surface area contributed by atoms with Gasteiger partial charge in [0.05, 0.1) is 0 Å². The fourth-order valence-electron chi connectivity index (χ4n) is 2.20. The number of amides is 1. The summed E-state index contributed by atoms with van der Waals surface area (Å²) in [6.07, 6.45) is 0.454. The van der Waals surface area contributed by atoms with Gasteiger partial charge in [-0.05, 0) is 18.1 Å². The van der Waals surface area contributed by atoms with Gasteiger partial charge in [-0.1, -0.05) is 6.07 Å². The molecule has 1 saturated heterocycles. The highest BCUT2D eigenvalue weighted by atomic mass is 19.1. The van der Waals surface area contributed by atoms with Crippen molar-refractivity contribution in [3.63, 3.8) is 0 Å². The number of hydrogen-bond acceptors (Lipinski definition) is 2. The highest BCUT2D eigenvalue weighted by Gasteiger charge is 2.22. The SMILES string of the molecule is CC(=O)N1CCNC(Cc2ccc(F)cc2F)C1. The van der Waals surface area contributed by atoms with Gasteiger partial charge in [0.1, 0.15) is 11.6 Å². The molecular formula is C13H16F2N2O. The number of piperazine rings is 1. The van der Waals surface area contributed by atoms with Crippen LogP contribution in [0.1, 0.15) is 12.5 Å². The van der Waals surface area contributed by atoms with Crippen molar-refractivity contribution >= 4 is 5.91 Å². The zero-order chi connectivity index (χ0) is 13.1. The number of nitrogens with zero attached hydrogens (tertiary/aromatic N) is 1. The van der Waals surface area contributed by atoms with Gasteiger partial charge in [0.25, 0.3) is 0 Å². The molecule has 3 nitrogen and oxygen atoms in total. The number of carbonyl (C=O) groups is 1. The van der Waals surface area contributed by atoms with Crippen LogP contribution in [-0.2, 0) is 11.2 Å². The molecule has 0 spiro atoms. The lowest BCUT2D eigenvalue weighted by atomic mass is 10.0. The van der Waals surface area contributed by atoms with Gasteiger partial charge in [-0.2, -0.15) is 0 Å². The first-order chi connectivity index (χ1) is 8.56. The molecule has 1 amide bonds. The second kappa shape index (κ2) is 5.44. The lowest BCUT2D eigenvalue weighted by molar-refractivity contribution is -0.130. The summed E-state index contributed by atoms with van der Waals surface area (Å²) in [6, 6.07) is 3.62. The third-order valence-corrected chi connectivity index (χ3v) is 3.18. The average molecular weight is 254 g/mol. The third-order valence-electron chi connectivity index (χ3n) is 3.18. The summed E-state index contributed by atoms with van der Waals surface area (Å²) in [5.41, 5.74) is 0.472. The van der Waals surface area contributed by atoms with E-state index in [-0.39, 0.29) is 11.9 Å². The van der Waals surface area contributed by atoms with Gasteiger partial charge in [-0.3, -0.25) is 4.79 Å². The van der Waals surface area contributed by atoms with Crippen LogP contribution in [0.25, 0.3) is 0 Å². The van der Waals surface area contributed by atoms with Crippen molar-refractivity contribution in [3.8, 4) is 0 Å². The van der Waals surface area contributed by atoms with Crippen molar-refractivity contribution in [3.05, 3.63) is 35.4 Å². The van der Waals surface area contributed by atoms with Gasteiger partial charge in [0, 0.05) is 38.7 Å². The minimum Gasteiger partial charge on any atom is -0.340 e. The van der Waals surface area contributed by atoms with Gasteiger partial charge in [0.2, 0.25) is 5.91 Å². The van der Waals surface area contributed by atoms with Crippen molar-refractivity contribution in [2.24, 2.45) is 0 Å². The Morgan fingerprint density at radius 3 is 2.94 bits per heavy atom. The van der Waals surface area contributed by atoms with Crippen molar-refractivity contribution in [2.75, 3.05) is 19.6 Å². The van der Waals surface area contributed by atoms with Crippen LogP contribution in [-0.4, -0.2) is 36.5 Å². The number of nitrogens with one attached hydrogen (secondary N) is 1. The first-order valence-corrected chi connectivity index (χ1v) is 5.99. The predicted octanol–water partition coefficient (Wildman–Crippen LogP) is 1.33. The molecule has 2 rings (SSSR count). The lowest BCUT2D eigenvalue weighted by Gasteiger charge is -2.33. The van der Waals surface area contributed by atoms with Gasteiger partial charge in [-0.15, -0.1) is 0 Å². The number of halogens is 2. The minimum absolute atomic E-state index is 0.0163. The molecule has 1 heterocycles. The van der Waals surface area contributed by atoms with Crippen molar-refractivity contribution in [1.29, 1.82) is 0 Å². The van der Waals surface area contributed by atoms with Crippen LogP contribution < -0.4 is 5.32 Å². The zero-order valence-corrected chi connectivity index (χ0v) is 10.2. The first-order valence-electron chi connectivity index (χ1n) is 5.99. The molecule has 1 aromatic carbocycles. The highest BCUT2D eigenvalue weighted by Crippen LogP contribution is 2.13. The van der Waals surface area contributed by atoms with Crippen LogP contribution in [0.4, 0.5) is 8.78 Å². The van der Waals surface area contributed by atoms with Crippen LogP contribution >= 0.6 is 0 Å². The standard InChI is InChI=1S/C13H16F2N2O/c1-9(18)17-5-4-16-12(8-17)6-10-2-3-11(14)7-13(10)15/h2-3,7,12,16H,4-6,8H2,1H3. The highest BCUT2D eigenvalue weighted by molar-refractivity contribution is 5.73. The Labute approximate surface area is 105 Å². The van der Waals surface area contributed by atoms with E-state index in [0.717, 1.165) is 6.07 Å². The smallest absolute Gasteiger partial charge is 0.219 e. The van der Waals surface area contributed by atoms with Crippen LogP contribution in [0.3, 0.4) is 0 Å². The number of rotatable bonds is 2. The predicted molar refractivity (Wildman–Crippen MR) is 64.1 cm³/mol. The van der Waals surface area contributed by atoms with E-state index in [4.69, 9.17) is 0 Å². The van der Waals surface area contributed by atoms with E-state index in [1.54, 1.807) is 4.90 Å². The lowest BCUT2D eigenvalue weighted by Crippen LogP contribution is -2.52. The van der Waals surface area contributed by atoms with Crippen molar-refractivity contribution in [1.82, 2.24) is 10.2 Å². The maximum atomic E-state index is 13.5. The van der Waals surface area contributed by atoms with E-state index < -0.39 is 11.6 Å². The molecule has 1 atom stereocenters. The summed E-state index contributed by atoms with van der Waals surface area (Å²) in [7, 11) is 0. The van der Waals surface area contributed by atoms with E-state index in [2.05, 4.69) is 5.32 Å². The molecule has 1 aliphatic heterocycles. The maximum Gasteiger partial charge on any atom is 0.219 e. The monoisotopic (exact) mass is 254 g/mol. The van der Waals surface area contributed by atoms with E-state index in [0.29, 0.717) is 31.6 Å². The molecule has 0 aliphatic carbocycles. The quantitative estimate of drug-likeness (QED) is 0.863. The van der Waals surface area contributed by atoms with Crippen molar-refractivity contribution < 1.29 is 13.6 Å².